The Labute approximate surface area is 140 Å². The molecular weight excluding hydrogens is 292 g/mol. The molecule has 22 heavy (non-hydrogen) atoms. The third-order valence-electron chi connectivity index (χ3n) is 4.50. The van der Waals surface area contributed by atoms with Crippen LogP contribution < -0.4 is 9.80 Å². The van der Waals surface area contributed by atoms with Gasteiger partial charge in [0.1, 0.15) is 0 Å². The standard InChI is InChI=1S/C19H24N2.ClH/c1-20(17-10-4-3-5-11-17)14-15-21(2)19-13-7-9-16-8-6-12-18(16)19;/h3-5,7,9-11,13H,6,8,12,14-15H2,1-2H3;1H. The van der Waals surface area contributed by atoms with Gasteiger partial charge in [-0.25, -0.2) is 0 Å². The Bertz CT molecular complexity index is 598. The number of anilines is 2. The zero-order valence-corrected chi connectivity index (χ0v) is 14.3. The van der Waals surface area contributed by atoms with E-state index < -0.39 is 0 Å². The Morgan fingerprint density at radius 3 is 2.32 bits per heavy atom. The molecule has 0 saturated carbocycles. The lowest BCUT2D eigenvalue weighted by atomic mass is 10.1. The Kier molecular flexibility index (Phi) is 5.73. The number of halogens is 1. The summed E-state index contributed by atoms with van der Waals surface area (Å²) in [5.74, 6) is 0. The minimum absolute atomic E-state index is 0. The highest BCUT2D eigenvalue weighted by atomic mass is 35.5. The predicted octanol–water partition coefficient (Wildman–Crippen LogP) is 4.17. The molecule has 2 aromatic carbocycles. The van der Waals surface area contributed by atoms with Crippen LogP contribution in [0.15, 0.2) is 48.5 Å². The fourth-order valence-electron chi connectivity index (χ4n) is 3.19. The van der Waals surface area contributed by atoms with Gasteiger partial charge in [0.05, 0.1) is 0 Å². The molecule has 0 atom stereocenters. The van der Waals surface area contributed by atoms with Crippen LogP contribution in [0.3, 0.4) is 0 Å². The van der Waals surface area contributed by atoms with Gasteiger partial charge in [0.2, 0.25) is 0 Å². The molecule has 1 aliphatic rings. The van der Waals surface area contributed by atoms with Gasteiger partial charge in [-0.15, -0.1) is 12.4 Å². The van der Waals surface area contributed by atoms with Crippen molar-refractivity contribution in [2.45, 2.75) is 19.3 Å². The van der Waals surface area contributed by atoms with Crippen LogP contribution in [0, 0.1) is 0 Å². The first-order valence-electron chi connectivity index (χ1n) is 7.84. The summed E-state index contributed by atoms with van der Waals surface area (Å²) < 4.78 is 0. The molecule has 0 saturated heterocycles. The maximum absolute atomic E-state index is 2.41. The van der Waals surface area contributed by atoms with Crippen LogP contribution in [-0.4, -0.2) is 27.2 Å². The number of rotatable bonds is 5. The normalized spacial score (nSPS) is 12.5. The lowest BCUT2D eigenvalue weighted by molar-refractivity contribution is 0.827. The molecule has 0 N–H and O–H groups in total. The van der Waals surface area contributed by atoms with E-state index in [4.69, 9.17) is 0 Å². The molecule has 0 heterocycles. The maximum atomic E-state index is 2.41. The zero-order chi connectivity index (χ0) is 14.7. The van der Waals surface area contributed by atoms with Gasteiger partial charge in [-0.1, -0.05) is 30.3 Å². The van der Waals surface area contributed by atoms with Gasteiger partial charge in [-0.05, 0) is 48.6 Å². The Morgan fingerprint density at radius 2 is 1.55 bits per heavy atom. The fourth-order valence-corrected chi connectivity index (χ4v) is 3.19. The molecule has 3 rings (SSSR count). The highest BCUT2D eigenvalue weighted by Crippen LogP contribution is 2.30. The molecule has 0 amide bonds. The summed E-state index contributed by atoms with van der Waals surface area (Å²) in [5, 5.41) is 0. The zero-order valence-electron chi connectivity index (χ0n) is 13.5. The van der Waals surface area contributed by atoms with Crippen molar-refractivity contribution in [2.24, 2.45) is 0 Å². The average molecular weight is 317 g/mol. The van der Waals surface area contributed by atoms with E-state index >= 15 is 0 Å². The number of fused-ring (bicyclic) bond motifs is 1. The van der Waals surface area contributed by atoms with Crippen LogP contribution in [0.4, 0.5) is 11.4 Å². The molecule has 2 nitrogen and oxygen atoms in total. The van der Waals surface area contributed by atoms with E-state index in [1.165, 1.54) is 30.6 Å². The summed E-state index contributed by atoms with van der Waals surface area (Å²) in [7, 11) is 4.38. The van der Waals surface area contributed by atoms with E-state index in [9.17, 15) is 0 Å². The van der Waals surface area contributed by atoms with E-state index in [1.54, 1.807) is 11.1 Å². The number of hydrogen-bond acceptors (Lipinski definition) is 2. The Hall–Kier alpha value is -1.67. The molecule has 0 fully saturated rings. The van der Waals surface area contributed by atoms with E-state index in [-0.39, 0.29) is 12.4 Å². The number of para-hydroxylation sites is 1. The third-order valence-corrected chi connectivity index (χ3v) is 4.50. The molecule has 3 heteroatoms. The van der Waals surface area contributed by atoms with Gasteiger partial charge < -0.3 is 9.80 Å². The van der Waals surface area contributed by atoms with Crippen LogP contribution in [0.2, 0.25) is 0 Å². The first kappa shape index (κ1) is 16.7. The SMILES string of the molecule is CN(CCN(C)c1cccc2c1CCC2)c1ccccc1.Cl. The highest BCUT2D eigenvalue weighted by Gasteiger charge is 2.16. The lowest BCUT2D eigenvalue weighted by Gasteiger charge is -2.26. The van der Waals surface area contributed by atoms with Crippen molar-refractivity contribution in [3.05, 3.63) is 59.7 Å². The van der Waals surface area contributed by atoms with Crippen molar-refractivity contribution in [1.82, 2.24) is 0 Å². The molecule has 0 spiro atoms. The molecule has 1 aliphatic carbocycles. The smallest absolute Gasteiger partial charge is 0.0399 e. The van der Waals surface area contributed by atoms with Gasteiger partial charge in [0.15, 0.2) is 0 Å². The van der Waals surface area contributed by atoms with E-state index in [2.05, 4.69) is 72.4 Å². The molecule has 0 unspecified atom stereocenters. The number of nitrogens with zero attached hydrogens (tertiary/aromatic N) is 2. The quantitative estimate of drug-likeness (QED) is 0.817. The summed E-state index contributed by atoms with van der Waals surface area (Å²) in [6.07, 6.45) is 3.80. The van der Waals surface area contributed by atoms with Crippen molar-refractivity contribution in [3.8, 4) is 0 Å². The van der Waals surface area contributed by atoms with Crippen LogP contribution in [0.5, 0.6) is 0 Å². The Balaban J connectivity index is 0.00000176. The highest BCUT2D eigenvalue weighted by molar-refractivity contribution is 5.85. The second-order valence-electron chi connectivity index (χ2n) is 5.95. The van der Waals surface area contributed by atoms with Crippen molar-refractivity contribution >= 4 is 23.8 Å². The largest absolute Gasteiger partial charge is 0.373 e. The summed E-state index contributed by atoms with van der Waals surface area (Å²) >= 11 is 0. The van der Waals surface area contributed by atoms with Gasteiger partial charge in [0.25, 0.3) is 0 Å². The number of aryl methyl sites for hydroxylation is 1. The number of hydrogen-bond donors (Lipinski definition) is 0. The molecule has 0 aromatic heterocycles. The molecule has 0 aliphatic heterocycles. The van der Waals surface area contributed by atoms with Gasteiger partial charge >= 0.3 is 0 Å². The van der Waals surface area contributed by atoms with Crippen molar-refractivity contribution in [2.75, 3.05) is 37.0 Å². The second-order valence-corrected chi connectivity index (χ2v) is 5.95. The second kappa shape index (κ2) is 7.55. The number of benzene rings is 2. The lowest BCUT2D eigenvalue weighted by Crippen LogP contribution is -2.31. The predicted molar refractivity (Wildman–Crippen MR) is 98.7 cm³/mol. The van der Waals surface area contributed by atoms with E-state index in [0.717, 1.165) is 13.1 Å². The fraction of sp³-hybridized carbons (Fsp3) is 0.368. The minimum atomic E-state index is 0. The van der Waals surface area contributed by atoms with E-state index in [0.29, 0.717) is 0 Å². The Morgan fingerprint density at radius 1 is 0.818 bits per heavy atom. The van der Waals surface area contributed by atoms with E-state index in [1.807, 2.05) is 0 Å². The monoisotopic (exact) mass is 316 g/mol. The molecule has 0 radical (unpaired) electrons. The maximum Gasteiger partial charge on any atom is 0.0399 e. The topological polar surface area (TPSA) is 6.48 Å². The summed E-state index contributed by atoms with van der Waals surface area (Å²) in [6, 6.07) is 17.4. The first-order chi connectivity index (χ1) is 10.3. The first-order valence-corrected chi connectivity index (χ1v) is 7.84. The minimum Gasteiger partial charge on any atom is -0.373 e. The van der Waals surface area contributed by atoms with Crippen molar-refractivity contribution < 1.29 is 0 Å². The van der Waals surface area contributed by atoms with Crippen molar-refractivity contribution in [3.63, 3.8) is 0 Å². The average Bonchev–Trinajstić information content (AvgIpc) is 3.01. The molecule has 118 valence electrons. The third kappa shape index (κ3) is 3.56. The molecular formula is C19H25ClN2. The summed E-state index contributed by atoms with van der Waals surface area (Å²) in [5.41, 5.74) is 5.83. The van der Waals surface area contributed by atoms with Crippen LogP contribution in [-0.2, 0) is 12.8 Å². The molecule has 2 aromatic rings. The summed E-state index contributed by atoms with van der Waals surface area (Å²) in [4.78, 5) is 4.73. The van der Waals surface area contributed by atoms with Gasteiger partial charge in [0, 0.05) is 38.6 Å². The van der Waals surface area contributed by atoms with Crippen LogP contribution >= 0.6 is 12.4 Å². The van der Waals surface area contributed by atoms with Crippen LogP contribution in [0.1, 0.15) is 17.5 Å². The summed E-state index contributed by atoms with van der Waals surface area (Å²) in [6.45, 7) is 2.08. The van der Waals surface area contributed by atoms with Gasteiger partial charge in [-0.2, -0.15) is 0 Å². The number of likely N-dealkylation sites (N-methyl/N-ethyl adjacent to an activating group) is 2. The van der Waals surface area contributed by atoms with Crippen molar-refractivity contribution in [1.29, 1.82) is 0 Å². The van der Waals surface area contributed by atoms with Crippen LogP contribution in [0.25, 0.3) is 0 Å². The van der Waals surface area contributed by atoms with Gasteiger partial charge in [-0.3, -0.25) is 0 Å². The molecule has 0 bridgehead atoms.